The Kier molecular flexibility index (Phi) is 11.0. The molecule has 4 aromatic rings. The lowest BCUT2D eigenvalue weighted by atomic mass is 10.0. The number of halogens is 1. The first-order valence-electron chi connectivity index (χ1n) is 14.2. The Morgan fingerprint density at radius 1 is 0.957 bits per heavy atom. The number of sulfonamides is 1. The molecule has 240 valence electrons. The lowest BCUT2D eigenvalue weighted by Crippen LogP contribution is -2.53. The summed E-state index contributed by atoms with van der Waals surface area (Å²) in [4.78, 5) is 39.7. The molecule has 0 aliphatic carbocycles. The third kappa shape index (κ3) is 7.82. The minimum atomic E-state index is -4.65. The van der Waals surface area contributed by atoms with Crippen molar-refractivity contribution in [2.24, 2.45) is 0 Å². The molecule has 0 aliphatic rings. The molecule has 1 atom stereocenters. The van der Waals surface area contributed by atoms with Crippen molar-refractivity contribution in [2.75, 3.05) is 25.0 Å². The number of benzene rings is 4. The number of anilines is 1. The van der Waals surface area contributed by atoms with Crippen molar-refractivity contribution >= 4 is 44.8 Å². The molecule has 0 saturated carbocycles. The molecule has 0 spiro atoms. The van der Waals surface area contributed by atoms with Crippen LogP contribution in [0.3, 0.4) is 0 Å². The number of carbonyl (C=O) groups is 2. The highest BCUT2D eigenvalue weighted by atomic mass is 35.5. The Hall–Kier alpha value is -4.94. The fourth-order valence-corrected chi connectivity index (χ4v) is 6.55. The summed E-state index contributed by atoms with van der Waals surface area (Å²) in [7, 11) is -1.85. The molecule has 1 N–H and O–H groups in total. The van der Waals surface area contributed by atoms with Gasteiger partial charge in [-0.25, -0.2) is 8.42 Å². The summed E-state index contributed by atoms with van der Waals surface area (Å²) >= 11 is 6.29. The van der Waals surface area contributed by atoms with E-state index in [-0.39, 0.29) is 35.0 Å². The lowest BCUT2D eigenvalue weighted by Gasteiger charge is -2.34. The van der Waals surface area contributed by atoms with Gasteiger partial charge in [-0.3, -0.25) is 24.0 Å². The molecule has 2 amide bonds. The van der Waals surface area contributed by atoms with E-state index >= 15 is 0 Å². The van der Waals surface area contributed by atoms with Crippen LogP contribution in [0.2, 0.25) is 5.02 Å². The summed E-state index contributed by atoms with van der Waals surface area (Å²) in [5.41, 5.74) is 1.29. The second kappa shape index (κ2) is 14.9. The van der Waals surface area contributed by atoms with Gasteiger partial charge in [0.25, 0.3) is 15.7 Å². The molecule has 46 heavy (non-hydrogen) atoms. The van der Waals surface area contributed by atoms with Crippen LogP contribution in [0.25, 0.3) is 0 Å². The van der Waals surface area contributed by atoms with Gasteiger partial charge in [-0.15, -0.1) is 0 Å². The van der Waals surface area contributed by atoms with E-state index in [2.05, 4.69) is 5.32 Å². The number of methoxy groups -OCH3 is 1. The maximum Gasteiger partial charge on any atom is 0.273 e. The van der Waals surface area contributed by atoms with E-state index in [0.717, 1.165) is 15.9 Å². The Morgan fingerprint density at radius 2 is 1.59 bits per heavy atom. The molecule has 13 heteroatoms. The first-order chi connectivity index (χ1) is 22.0. The smallest absolute Gasteiger partial charge is 0.273 e. The molecule has 0 saturated heterocycles. The van der Waals surface area contributed by atoms with Crippen molar-refractivity contribution < 1.29 is 27.7 Å². The van der Waals surface area contributed by atoms with Crippen LogP contribution in [0.1, 0.15) is 16.7 Å². The van der Waals surface area contributed by atoms with Crippen molar-refractivity contribution in [3.05, 3.63) is 129 Å². The van der Waals surface area contributed by atoms with Gasteiger partial charge in [0.05, 0.1) is 22.6 Å². The van der Waals surface area contributed by atoms with E-state index in [9.17, 15) is 28.1 Å². The highest BCUT2D eigenvalue weighted by Crippen LogP contribution is 2.36. The summed E-state index contributed by atoms with van der Waals surface area (Å²) in [6, 6.07) is 24.9. The van der Waals surface area contributed by atoms with Gasteiger partial charge in [0.2, 0.25) is 11.8 Å². The molecule has 0 unspecified atom stereocenters. The minimum absolute atomic E-state index is 0.0127. The monoisotopic (exact) mass is 664 g/mol. The molecule has 4 rings (SSSR count). The summed E-state index contributed by atoms with van der Waals surface area (Å²) in [6.45, 7) is 0.694. The third-order valence-electron chi connectivity index (χ3n) is 7.37. The molecule has 0 radical (unpaired) electrons. The molecule has 0 fully saturated rings. The highest BCUT2D eigenvalue weighted by Gasteiger charge is 2.36. The van der Waals surface area contributed by atoms with E-state index in [1.54, 1.807) is 24.3 Å². The minimum Gasteiger partial charge on any atom is -0.495 e. The molecule has 0 aromatic heterocycles. The van der Waals surface area contributed by atoms with Crippen molar-refractivity contribution in [3.63, 3.8) is 0 Å². The molecule has 0 aliphatic heterocycles. The summed E-state index contributed by atoms with van der Waals surface area (Å²) < 4.78 is 34.9. The van der Waals surface area contributed by atoms with E-state index in [1.807, 2.05) is 36.4 Å². The number of nitrogens with zero attached hydrogens (tertiary/aromatic N) is 3. The molecule has 0 heterocycles. The number of nitrogens with one attached hydrogen (secondary N) is 1. The van der Waals surface area contributed by atoms with Crippen LogP contribution in [-0.2, 0) is 32.6 Å². The molecule has 4 aromatic carbocycles. The molecule has 11 nitrogen and oxygen atoms in total. The SMILES string of the molecule is CNC(=O)[C@@H](Cc1ccccc1)N(Cc1ccccc1)C(=O)CN(c1cc(Cl)ccc1OC)S(=O)(=O)c1ccc(C)c([N+](=O)[O-])c1. The van der Waals surface area contributed by atoms with Crippen LogP contribution in [0.4, 0.5) is 11.4 Å². The van der Waals surface area contributed by atoms with E-state index < -0.39 is 49.9 Å². The van der Waals surface area contributed by atoms with Crippen molar-refractivity contribution in [1.29, 1.82) is 0 Å². The number of hydrogen-bond donors (Lipinski definition) is 1. The van der Waals surface area contributed by atoms with E-state index in [4.69, 9.17) is 16.3 Å². The normalized spacial score (nSPS) is 11.7. The number of ether oxygens (including phenoxy) is 1. The van der Waals surface area contributed by atoms with Gasteiger partial charge in [-0.05, 0) is 42.3 Å². The van der Waals surface area contributed by atoms with Crippen LogP contribution < -0.4 is 14.4 Å². The van der Waals surface area contributed by atoms with Gasteiger partial charge in [0.15, 0.2) is 0 Å². The summed E-state index contributed by atoms with van der Waals surface area (Å²) in [5, 5.41) is 14.5. The van der Waals surface area contributed by atoms with Gasteiger partial charge in [-0.1, -0.05) is 78.3 Å². The Labute approximate surface area is 272 Å². The average molecular weight is 665 g/mol. The topological polar surface area (TPSA) is 139 Å². The number of carbonyl (C=O) groups excluding carboxylic acids is 2. The molecule has 0 bridgehead atoms. The van der Waals surface area contributed by atoms with Crippen LogP contribution in [-0.4, -0.2) is 56.8 Å². The number of likely N-dealkylation sites (N-methyl/N-ethyl adjacent to an activating group) is 1. The maximum absolute atomic E-state index is 14.4. The fraction of sp³-hybridized carbons (Fsp3) is 0.212. The number of nitro groups is 1. The number of amides is 2. The first kappa shape index (κ1) is 33.9. The second-order valence-electron chi connectivity index (χ2n) is 10.4. The Bertz CT molecular complexity index is 1820. The number of rotatable bonds is 13. The van der Waals surface area contributed by atoms with Crippen molar-refractivity contribution in [2.45, 2.75) is 30.8 Å². The predicted molar refractivity (Wildman–Crippen MR) is 175 cm³/mol. The van der Waals surface area contributed by atoms with Crippen molar-refractivity contribution in [1.82, 2.24) is 10.2 Å². The Morgan fingerprint density at radius 3 is 2.17 bits per heavy atom. The standard InChI is InChI=1S/C33H33ClN4O7S/c1-23-14-16-27(20-28(23)38(41)42)46(43,44)37(29-19-26(34)15-17-31(29)45-3)22-32(39)36(21-25-12-8-5-9-13-25)30(33(40)35-2)18-24-10-6-4-7-11-24/h4-17,19-20,30H,18,21-22H2,1-3H3,(H,35,40)/t30-/m1/s1. The van der Waals surface area contributed by atoms with Crippen LogP contribution >= 0.6 is 11.6 Å². The summed E-state index contributed by atoms with van der Waals surface area (Å²) in [5.74, 6) is -1.07. The van der Waals surface area contributed by atoms with Crippen LogP contribution in [0.5, 0.6) is 5.75 Å². The number of nitro benzene ring substituents is 1. The van der Waals surface area contributed by atoms with E-state index in [1.165, 1.54) is 56.3 Å². The number of aryl methyl sites for hydroxylation is 1. The largest absolute Gasteiger partial charge is 0.495 e. The average Bonchev–Trinajstić information content (AvgIpc) is 3.05. The highest BCUT2D eigenvalue weighted by molar-refractivity contribution is 7.92. The first-order valence-corrected chi connectivity index (χ1v) is 16.0. The van der Waals surface area contributed by atoms with Gasteiger partial charge in [0, 0.05) is 36.7 Å². The van der Waals surface area contributed by atoms with Gasteiger partial charge >= 0.3 is 0 Å². The second-order valence-corrected chi connectivity index (χ2v) is 12.7. The van der Waals surface area contributed by atoms with Gasteiger partial charge < -0.3 is 15.0 Å². The van der Waals surface area contributed by atoms with Crippen molar-refractivity contribution in [3.8, 4) is 5.75 Å². The maximum atomic E-state index is 14.4. The van der Waals surface area contributed by atoms with Gasteiger partial charge in [-0.2, -0.15) is 0 Å². The molecular weight excluding hydrogens is 632 g/mol. The van der Waals surface area contributed by atoms with Crippen LogP contribution in [0, 0.1) is 17.0 Å². The quantitative estimate of drug-likeness (QED) is 0.154. The zero-order valence-electron chi connectivity index (χ0n) is 25.4. The lowest BCUT2D eigenvalue weighted by molar-refractivity contribution is -0.385. The number of hydrogen-bond acceptors (Lipinski definition) is 7. The third-order valence-corrected chi connectivity index (χ3v) is 9.36. The van der Waals surface area contributed by atoms with Gasteiger partial charge in [0.1, 0.15) is 18.3 Å². The van der Waals surface area contributed by atoms with Crippen LogP contribution in [0.15, 0.2) is 102 Å². The Balaban J connectivity index is 1.87. The predicted octanol–water partition coefficient (Wildman–Crippen LogP) is 5.15. The molecular formula is C33H33ClN4O7S. The zero-order valence-corrected chi connectivity index (χ0v) is 27.0. The zero-order chi connectivity index (χ0) is 33.4. The fourth-order valence-electron chi connectivity index (χ4n) is 4.95. The summed E-state index contributed by atoms with van der Waals surface area (Å²) in [6.07, 6.45) is 0.149. The van der Waals surface area contributed by atoms with E-state index in [0.29, 0.717) is 5.56 Å².